The van der Waals surface area contributed by atoms with E-state index in [1.54, 1.807) is 0 Å². The smallest absolute Gasteiger partial charge is 0.305 e. The molecule has 0 atom stereocenters. The van der Waals surface area contributed by atoms with Crippen molar-refractivity contribution in [2.45, 2.75) is 45.4 Å². The zero-order valence-corrected chi connectivity index (χ0v) is 11.3. The van der Waals surface area contributed by atoms with Gasteiger partial charge in [0, 0.05) is 13.5 Å². The van der Waals surface area contributed by atoms with E-state index < -0.39 is 0 Å². The molecule has 1 aliphatic rings. The molecule has 0 aromatic heterocycles. The minimum Gasteiger partial charge on any atom is -0.466 e. The number of carbonyl (C=O) groups is 1. The summed E-state index contributed by atoms with van der Waals surface area (Å²) in [6.45, 7) is 6.24. The minimum atomic E-state index is -0.0294. The van der Waals surface area contributed by atoms with Gasteiger partial charge in [0.05, 0.1) is 6.61 Å². The summed E-state index contributed by atoms with van der Waals surface area (Å²) in [5.74, 6) is -0.0294. The lowest BCUT2D eigenvalue weighted by atomic mass is 10.2. The van der Waals surface area contributed by atoms with Crippen molar-refractivity contribution in [3.8, 4) is 0 Å². The average molecular weight is 245 g/mol. The highest BCUT2D eigenvalue weighted by Crippen LogP contribution is 2.09. The third kappa shape index (κ3) is 9.12. The summed E-state index contributed by atoms with van der Waals surface area (Å²) < 4.78 is 5.01. The molecule has 1 rings (SSSR count). The highest BCUT2D eigenvalue weighted by Gasteiger charge is 2.10. The Bertz CT molecular complexity index is 180. The van der Waals surface area contributed by atoms with Gasteiger partial charge in [-0.3, -0.25) is 4.79 Å². The predicted molar refractivity (Wildman–Crippen MR) is 68.9 cm³/mol. The summed E-state index contributed by atoms with van der Waals surface area (Å²) in [5.41, 5.74) is 0. The molecule has 102 valence electrons. The normalized spacial score (nSPS) is 15.2. The number of aliphatic hydroxyl groups excluding tert-OH is 1. The van der Waals surface area contributed by atoms with Crippen molar-refractivity contribution in [3.63, 3.8) is 0 Å². The van der Waals surface area contributed by atoms with Gasteiger partial charge in [-0.25, -0.2) is 0 Å². The fraction of sp³-hybridized carbons (Fsp3) is 0.923. The summed E-state index contributed by atoms with van der Waals surface area (Å²) >= 11 is 0. The molecule has 0 saturated carbocycles. The Hall–Kier alpha value is -0.610. The maximum Gasteiger partial charge on any atom is 0.305 e. The summed E-state index contributed by atoms with van der Waals surface area (Å²) in [4.78, 5) is 13.6. The molecule has 0 aromatic rings. The van der Waals surface area contributed by atoms with Crippen LogP contribution in [0.25, 0.3) is 0 Å². The van der Waals surface area contributed by atoms with Crippen molar-refractivity contribution in [1.82, 2.24) is 4.90 Å². The number of aliphatic hydroxyl groups is 1. The van der Waals surface area contributed by atoms with Gasteiger partial charge in [0.15, 0.2) is 0 Å². The average Bonchev–Trinajstić information content (AvgIpc) is 2.87. The van der Waals surface area contributed by atoms with E-state index in [1.807, 2.05) is 6.92 Å². The molecule has 0 unspecified atom stereocenters. The Kier molecular flexibility index (Phi) is 11.4. The van der Waals surface area contributed by atoms with E-state index in [-0.39, 0.29) is 5.97 Å². The number of esters is 1. The van der Waals surface area contributed by atoms with Crippen LogP contribution in [0.4, 0.5) is 0 Å². The van der Waals surface area contributed by atoms with E-state index in [0.29, 0.717) is 13.0 Å². The third-order valence-corrected chi connectivity index (χ3v) is 2.77. The van der Waals surface area contributed by atoms with Crippen LogP contribution in [-0.2, 0) is 9.53 Å². The number of ether oxygens (including phenoxy) is 1. The van der Waals surface area contributed by atoms with Crippen molar-refractivity contribution in [2.75, 3.05) is 33.4 Å². The van der Waals surface area contributed by atoms with Crippen LogP contribution >= 0.6 is 0 Å². The number of hydrogen-bond donors (Lipinski definition) is 1. The first-order valence-corrected chi connectivity index (χ1v) is 6.65. The second-order valence-electron chi connectivity index (χ2n) is 4.23. The monoisotopic (exact) mass is 245 g/mol. The Labute approximate surface area is 105 Å². The standard InChI is InChI=1S/C12H23NO2.CH4O/c1-2-11-15-12(14)7-3-4-8-13-9-5-6-10-13;1-2/h2-11H2,1H3;2H,1H3. The summed E-state index contributed by atoms with van der Waals surface area (Å²) in [7, 11) is 1.00. The van der Waals surface area contributed by atoms with Gasteiger partial charge in [-0.15, -0.1) is 0 Å². The molecular formula is C13H27NO3. The van der Waals surface area contributed by atoms with Crippen molar-refractivity contribution in [3.05, 3.63) is 0 Å². The Morgan fingerprint density at radius 2 is 1.88 bits per heavy atom. The van der Waals surface area contributed by atoms with Crippen molar-refractivity contribution in [2.24, 2.45) is 0 Å². The molecule has 0 bridgehead atoms. The minimum absolute atomic E-state index is 0.0294. The number of likely N-dealkylation sites (tertiary alicyclic amines) is 1. The Morgan fingerprint density at radius 1 is 1.24 bits per heavy atom. The maximum absolute atomic E-state index is 11.2. The summed E-state index contributed by atoms with van der Waals surface area (Å²) in [6.07, 6.45) is 6.30. The number of nitrogens with zero attached hydrogens (tertiary/aromatic N) is 1. The van der Waals surface area contributed by atoms with E-state index >= 15 is 0 Å². The zero-order valence-electron chi connectivity index (χ0n) is 11.3. The largest absolute Gasteiger partial charge is 0.466 e. The van der Waals surface area contributed by atoms with Crippen LogP contribution in [0.15, 0.2) is 0 Å². The SMILES string of the molecule is CCCOC(=O)CCCCN1CCCC1.CO. The number of hydrogen-bond acceptors (Lipinski definition) is 4. The molecule has 0 aliphatic carbocycles. The molecule has 17 heavy (non-hydrogen) atoms. The molecular weight excluding hydrogens is 218 g/mol. The molecule has 1 aliphatic heterocycles. The van der Waals surface area contributed by atoms with Crippen molar-refractivity contribution < 1.29 is 14.6 Å². The quantitative estimate of drug-likeness (QED) is 0.549. The maximum atomic E-state index is 11.2. The topological polar surface area (TPSA) is 49.8 Å². The highest BCUT2D eigenvalue weighted by molar-refractivity contribution is 5.69. The van der Waals surface area contributed by atoms with E-state index in [9.17, 15) is 4.79 Å². The molecule has 0 spiro atoms. The molecule has 1 saturated heterocycles. The predicted octanol–water partition coefficient (Wildman–Crippen LogP) is 1.81. The third-order valence-electron chi connectivity index (χ3n) is 2.77. The summed E-state index contributed by atoms with van der Waals surface area (Å²) in [6, 6.07) is 0. The molecule has 0 aromatic carbocycles. The lowest BCUT2D eigenvalue weighted by Crippen LogP contribution is -2.20. The second kappa shape index (κ2) is 11.9. The van der Waals surface area contributed by atoms with Gasteiger partial charge in [-0.2, -0.15) is 0 Å². The van der Waals surface area contributed by atoms with Crippen LogP contribution in [0, 0.1) is 0 Å². The van der Waals surface area contributed by atoms with Crippen LogP contribution < -0.4 is 0 Å². The van der Waals surface area contributed by atoms with Crippen LogP contribution in [0.1, 0.15) is 45.4 Å². The lowest BCUT2D eigenvalue weighted by molar-refractivity contribution is -0.143. The molecule has 0 amide bonds. The van der Waals surface area contributed by atoms with Crippen LogP contribution in [0.5, 0.6) is 0 Å². The van der Waals surface area contributed by atoms with E-state index in [2.05, 4.69) is 4.90 Å². The van der Waals surface area contributed by atoms with Gasteiger partial charge in [0.25, 0.3) is 0 Å². The van der Waals surface area contributed by atoms with Gasteiger partial charge >= 0.3 is 5.97 Å². The van der Waals surface area contributed by atoms with Gasteiger partial charge in [0.2, 0.25) is 0 Å². The first-order chi connectivity index (χ1) is 8.33. The fourth-order valence-electron chi connectivity index (χ4n) is 1.90. The van der Waals surface area contributed by atoms with Gasteiger partial charge in [-0.1, -0.05) is 6.92 Å². The summed E-state index contributed by atoms with van der Waals surface area (Å²) in [5, 5.41) is 7.00. The second-order valence-corrected chi connectivity index (χ2v) is 4.23. The van der Waals surface area contributed by atoms with Gasteiger partial charge in [-0.05, 0) is 51.7 Å². The Morgan fingerprint density at radius 3 is 2.47 bits per heavy atom. The molecule has 1 fully saturated rings. The van der Waals surface area contributed by atoms with E-state index in [1.165, 1.54) is 25.9 Å². The fourth-order valence-corrected chi connectivity index (χ4v) is 1.90. The van der Waals surface area contributed by atoms with E-state index in [0.717, 1.165) is 32.9 Å². The first-order valence-electron chi connectivity index (χ1n) is 6.65. The molecule has 1 heterocycles. The van der Waals surface area contributed by atoms with Crippen LogP contribution in [0.2, 0.25) is 0 Å². The molecule has 0 radical (unpaired) electrons. The zero-order chi connectivity index (χ0) is 12.9. The van der Waals surface area contributed by atoms with Crippen molar-refractivity contribution in [1.29, 1.82) is 0 Å². The van der Waals surface area contributed by atoms with Crippen LogP contribution in [0.3, 0.4) is 0 Å². The first kappa shape index (κ1) is 16.4. The van der Waals surface area contributed by atoms with Crippen LogP contribution in [-0.4, -0.2) is 49.3 Å². The Balaban J connectivity index is 0.00000121. The number of carbonyl (C=O) groups excluding carboxylic acids is 1. The molecule has 4 nitrogen and oxygen atoms in total. The highest BCUT2D eigenvalue weighted by atomic mass is 16.5. The van der Waals surface area contributed by atoms with Gasteiger partial charge in [0.1, 0.15) is 0 Å². The van der Waals surface area contributed by atoms with Gasteiger partial charge < -0.3 is 14.7 Å². The van der Waals surface area contributed by atoms with E-state index in [4.69, 9.17) is 9.84 Å². The number of rotatable bonds is 7. The number of unbranched alkanes of at least 4 members (excludes halogenated alkanes) is 1. The molecule has 1 N–H and O–H groups in total. The van der Waals surface area contributed by atoms with Crippen molar-refractivity contribution >= 4 is 5.97 Å². The lowest BCUT2D eigenvalue weighted by Gasteiger charge is -2.13. The molecule has 4 heteroatoms.